The molecule has 1 aromatic rings. The summed E-state index contributed by atoms with van der Waals surface area (Å²) in [6, 6.07) is 3.59. The van der Waals surface area contributed by atoms with Crippen molar-refractivity contribution in [3.63, 3.8) is 0 Å². The first-order valence-electron chi connectivity index (χ1n) is 5.26. The van der Waals surface area contributed by atoms with E-state index in [4.69, 9.17) is 11.6 Å². The molecule has 90 valence electrons. The summed E-state index contributed by atoms with van der Waals surface area (Å²) >= 11 is 5.89. The number of alkyl halides is 3. The van der Waals surface area contributed by atoms with Crippen molar-refractivity contribution in [2.75, 3.05) is 0 Å². The molecule has 1 aromatic carbocycles. The van der Waals surface area contributed by atoms with Crippen molar-refractivity contribution in [3.8, 4) is 0 Å². The number of rotatable bonds is 3. The van der Waals surface area contributed by atoms with Crippen LogP contribution in [-0.2, 0) is 6.18 Å². The Balaban J connectivity index is 3.09. The molecule has 0 N–H and O–H groups in total. The van der Waals surface area contributed by atoms with Gasteiger partial charge in [-0.15, -0.1) is 0 Å². The van der Waals surface area contributed by atoms with Gasteiger partial charge in [0.05, 0.1) is 5.56 Å². The molecule has 0 aliphatic rings. The monoisotopic (exact) mass is 250 g/mol. The van der Waals surface area contributed by atoms with E-state index >= 15 is 0 Å². The SMILES string of the molecule is CCC(CC)c1ccc(C(F)(F)F)cc1Cl. The standard InChI is InChI=1S/C12H14ClF3/c1-3-8(4-2)10-6-5-9(7-11(10)13)12(14,15)16/h5-8H,3-4H2,1-2H3. The van der Waals surface area contributed by atoms with E-state index in [0.29, 0.717) is 0 Å². The van der Waals surface area contributed by atoms with Crippen molar-refractivity contribution in [2.45, 2.75) is 38.8 Å². The van der Waals surface area contributed by atoms with Gasteiger partial charge in [-0.25, -0.2) is 0 Å². The number of hydrogen-bond acceptors (Lipinski definition) is 0. The van der Waals surface area contributed by atoms with Gasteiger partial charge in [-0.2, -0.15) is 13.2 Å². The molecule has 0 radical (unpaired) electrons. The van der Waals surface area contributed by atoms with E-state index in [1.807, 2.05) is 13.8 Å². The van der Waals surface area contributed by atoms with E-state index in [2.05, 4.69) is 0 Å². The summed E-state index contributed by atoms with van der Waals surface area (Å²) in [6.45, 7) is 4.00. The number of hydrogen-bond donors (Lipinski definition) is 0. The molecule has 0 aliphatic heterocycles. The lowest BCUT2D eigenvalue weighted by Crippen LogP contribution is -2.06. The summed E-state index contributed by atoms with van der Waals surface area (Å²) in [4.78, 5) is 0. The molecule has 0 aromatic heterocycles. The van der Waals surface area contributed by atoms with Gasteiger partial charge in [-0.1, -0.05) is 31.5 Å². The number of halogens is 4. The van der Waals surface area contributed by atoms with E-state index < -0.39 is 11.7 Å². The maximum absolute atomic E-state index is 12.4. The minimum Gasteiger partial charge on any atom is -0.166 e. The van der Waals surface area contributed by atoms with Crippen LogP contribution in [0.5, 0.6) is 0 Å². The highest BCUT2D eigenvalue weighted by Gasteiger charge is 2.31. The molecule has 0 unspecified atom stereocenters. The Labute approximate surface area is 98.4 Å². The molecule has 4 heteroatoms. The first-order valence-corrected chi connectivity index (χ1v) is 5.64. The van der Waals surface area contributed by atoms with Crippen LogP contribution in [0, 0.1) is 0 Å². The quantitative estimate of drug-likeness (QED) is 0.686. The van der Waals surface area contributed by atoms with Gasteiger partial charge in [0.15, 0.2) is 0 Å². The van der Waals surface area contributed by atoms with Gasteiger partial charge < -0.3 is 0 Å². The minimum absolute atomic E-state index is 0.212. The molecule has 0 bridgehead atoms. The van der Waals surface area contributed by atoms with E-state index in [9.17, 15) is 13.2 Å². The van der Waals surface area contributed by atoms with Gasteiger partial charge in [0.25, 0.3) is 0 Å². The zero-order valence-electron chi connectivity index (χ0n) is 9.24. The minimum atomic E-state index is -4.32. The van der Waals surface area contributed by atoms with Crippen LogP contribution in [0.2, 0.25) is 5.02 Å². The molecule has 16 heavy (non-hydrogen) atoms. The molecular weight excluding hydrogens is 237 g/mol. The second kappa shape index (κ2) is 5.09. The third kappa shape index (κ3) is 2.91. The molecule has 0 aliphatic carbocycles. The predicted molar refractivity (Wildman–Crippen MR) is 59.8 cm³/mol. The highest BCUT2D eigenvalue weighted by atomic mass is 35.5. The van der Waals surface area contributed by atoms with Crippen LogP contribution in [0.1, 0.15) is 43.7 Å². The molecule has 0 saturated heterocycles. The van der Waals surface area contributed by atoms with Crippen molar-refractivity contribution in [3.05, 3.63) is 34.3 Å². The van der Waals surface area contributed by atoms with Crippen molar-refractivity contribution in [1.29, 1.82) is 0 Å². The predicted octanol–water partition coefficient (Wildman–Crippen LogP) is 5.26. The third-order valence-corrected chi connectivity index (χ3v) is 3.08. The lowest BCUT2D eigenvalue weighted by Gasteiger charge is -2.16. The van der Waals surface area contributed by atoms with Crippen LogP contribution in [0.25, 0.3) is 0 Å². The fourth-order valence-corrected chi connectivity index (χ4v) is 2.10. The first kappa shape index (κ1) is 13.4. The van der Waals surface area contributed by atoms with Gasteiger partial charge in [0, 0.05) is 5.02 Å². The van der Waals surface area contributed by atoms with E-state index in [1.165, 1.54) is 6.07 Å². The van der Waals surface area contributed by atoms with Crippen molar-refractivity contribution in [2.24, 2.45) is 0 Å². The van der Waals surface area contributed by atoms with Gasteiger partial charge in [-0.05, 0) is 36.5 Å². The van der Waals surface area contributed by atoms with Crippen LogP contribution in [-0.4, -0.2) is 0 Å². The Morgan fingerprint density at radius 3 is 2.12 bits per heavy atom. The second-order valence-electron chi connectivity index (χ2n) is 3.75. The summed E-state index contributed by atoms with van der Waals surface area (Å²) < 4.78 is 37.2. The molecule has 0 spiro atoms. The lowest BCUT2D eigenvalue weighted by molar-refractivity contribution is -0.137. The van der Waals surface area contributed by atoms with Gasteiger partial charge in [0.2, 0.25) is 0 Å². The average Bonchev–Trinajstić information content (AvgIpc) is 2.20. The van der Waals surface area contributed by atoms with Gasteiger partial charge >= 0.3 is 6.18 Å². The van der Waals surface area contributed by atoms with Crippen molar-refractivity contribution < 1.29 is 13.2 Å². The lowest BCUT2D eigenvalue weighted by atomic mass is 9.93. The molecular formula is C12H14ClF3. The van der Waals surface area contributed by atoms with E-state index in [-0.39, 0.29) is 10.9 Å². The Hall–Kier alpha value is -0.700. The topological polar surface area (TPSA) is 0 Å². The maximum Gasteiger partial charge on any atom is 0.416 e. The van der Waals surface area contributed by atoms with Gasteiger partial charge in [-0.3, -0.25) is 0 Å². The van der Waals surface area contributed by atoms with Crippen LogP contribution < -0.4 is 0 Å². The summed E-state index contributed by atoms with van der Waals surface area (Å²) in [5.74, 6) is 0.231. The molecule has 0 amide bonds. The van der Waals surface area contributed by atoms with Crippen LogP contribution in [0.4, 0.5) is 13.2 Å². The highest BCUT2D eigenvalue weighted by molar-refractivity contribution is 6.31. The fourth-order valence-electron chi connectivity index (χ4n) is 1.76. The molecule has 0 saturated carbocycles. The zero-order chi connectivity index (χ0) is 12.3. The highest BCUT2D eigenvalue weighted by Crippen LogP contribution is 2.35. The number of benzene rings is 1. The molecule has 0 heterocycles. The van der Waals surface area contributed by atoms with E-state index in [0.717, 1.165) is 30.5 Å². The van der Waals surface area contributed by atoms with E-state index in [1.54, 1.807) is 0 Å². The normalized spacial score (nSPS) is 12.2. The van der Waals surface area contributed by atoms with Crippen molar-refractivity contribution >= 4 is 11.6 Å². The largest absolute Gasteiger partial charge is 0.416 e. The van der Waals surface area contributed by atoms with Crippen LogP contribution >= 0.6 is 11.6 Å². The first-order chi connectivity index (χ1) is 7.40. The van der Waals surface area contributed by atoms with Crippen LogP contribution in [0.3, 0.4) is 0 Å². The van der Waals surface area contributed by atoms with Crippen molar-refractivity contribution in [1.82, 2.24) is 0 Å². The Kier molecular flexibility index (Phi) is 4.25. The third-order valence-electron chi connectivity index (χ3n) is 2.75. The summed E-state index contributed by atoms with van der Waals surface area (Å²) in [7, 11) is 0. The zero-order valence-corrected chi connectivity index (χ0v) is 9.99. The van der Waals surface area contributed by atoms with Gasteiger partial charge in [0.1, 0.15) is 0 Å². The molecule has 1 rings (SSSR count). The second-order valence-corrected chi connectivity index (χ2v) is 4.15. The van der Waals surface area contributed by atoms with Crippen LogP contribution in [0.15, 0.2) is 18.2 Å². The Morgan fingerprint density at radius 1 is 1.19 bits per heavy atom. The summed E-state index contributed by atoms with van der Waals surface area (Å²) in [5.41, 5.74) is 0.117. The molecule has 0 nitrogen and oxygen atoms in total. The Bertz CT molecular complexity index is 354. The smallest absolute Gasteiger partial charge is 0.166 e. The average molecular weight is 251 g/mol. The summed E-state index contributed by atoms with van der Waals surface area (Å²) in [6.07, 6.45) is -2.57. The maximum atomic E-state index is 12.4. The molecule has 0 atom stereocenters. The summed E-state index contributed by atoms with van der Waals surface area (Å²) in [5, 5.41) is 0.212. The Morgan fingerprint density at radius 2 is 1.75 bits per heavy atom. The fraction of sp³-hybridized carbons (Fsp3) is 0.500. The molecule has 0 fully saturated rings.